The number of carbonyl (C=O) groups is 2. The number of aromatic amines is 1. The topological polar surface area (TPSA) is 134 Å². The maximum atomic E-state index is 11.7. The van der Waals surface area contributed by atoms with E-state index in [1.54, 1.807) is 6.92 Å². The highest BCUT2D eigenvalue weighted by molar-refractivity contribution is 6.02. The summed E-state index contributed by atoms with van der Waals surface area (Å²) in [6.07, 6.45) is 1.54. The first-order valence-corrected chi connectivity index (χ1v) is 5.42. The summed E-state index contributed by atoms with van der Waals surface area (Å²) in [6.45, 7) is 1.92. The minimum Gasteiger partial charge on any atom is -0.477 e. The lowest BCUT2D eigenvalue weighted by molar-refractivity contribution is 0.0685. The Hall–Kier alpha value is -2.71. The molecule has 9 nitrogen and oxygen atoms in total. The lowest BCUT2D eigenvalue weighted by Crippen LogP contribution is -2.27. The van der Waals surface area contributed by atoms with E-state index in [9.17, 15) is 9.59 Å². The molecule has 0 aliphatic heterocycles. The van der Waals surface area contributed by atoms with E-state index in [1.807, 2.05) is 0 Å². The molecular weight excluding hydrogens is 254 g/mol. The maximum Gasteiger partial charge on any atom is 0.354 e. The number of nitrogens with one attached hydrogen (secondary N) is 2. The van der Waals surface area contributed by atoms with Crippen LogP contribution in [0.25, 0.3) is 0 Å². The van der Waals surface area contributed by atoms with E-state index in [0.29, 0.717) is 18.1 Å². The van der Waals surface area contributed by atoms with Crippen LogP contribution in [0, 0.1) is 6.92 Å². The number of nitrogens with zero attached hydrogens (tertiary/aromatic N) is 3. The number of hydrogen-bond acceptors (Lipinski definition) is 6. The van der Waals surface area contributed by atoms with Crippen LogP contribution in [0.15, 0.2) is 10.9 Å². The van der Waals surface area contributed by atoms with Crippen LogP contribution in [0.1, 0.15) is 32.7 Å². The van der Waals surface area contributed by atoms with Crippen molar-refractivity contribution in [1.82, 2.24) is 25.4 Å². The smallest absolute Gasteiger partial charge is 0.354 e. The number of aryl methyl sites for hydroxylation is 1. The van der Waals surface area contributed by atoms with Gasteiger partial charge in [0.2, 0.25) is 5.89 Å². The summed E-state index contributed by atoms with van der Waals surface area (Å²) in [7, 11) is 0. The van der Waals surface area contributed by atoms with Gasteiger partial charge in [-0.25, -0.2) is 9.78 Å². The second-order valence-corrected chi connectivity index (χ2v) is 3.67. The molecule has 2 aromatic rings. The van der Waals surface area contributed by atoms with E-state index >= 15 is 0 Å². The van der Waals surface area contributed by atoms with Gasteiger partial charge >= 0.3 is 5.97 Å². The van der Waals surface area contributed by atoms with E-state index in [4.69, 9.17) is 9.63 Å². The lowest BCUT2D eigenvalue weighted by atomic mass is 10.3. The predicted molar refractivity (Wildman–Crippen MR) is 60.6 cm³/mol. The molecule has 9 heteroatoms. The molecule has 100 valence electrons. The van der Waals surface area contributed by atoms with Crippen LogP contribution in [0.2, 0.25) is 0 Å². The molecule has 2 heterocycles. The van der Waals surface area contributed by atoms with Crippen LogP contribution in [-0.4, -0.2) is 43.6 Å². The fourth-order valence-electron chi connectivity index (χ4n) is 1.44. The summed E-state index contributed by atoms with van der Waals surface area (Å²) in [4.78, 5) is 32.5. The summed E-state index contributed by atoms with van der Waals surface area (Å²) in [6, 6.07) is 0. The molecule has 3 N–H and O–H groups in total. The van der Waals surface area contributed by atoms with Crippen LogP contribution >= 0.6 is 0 Å². The van der Waals surface area contributed by atoms with Gasteiger partial charge in [0, 0.05) is 19.9 Å². The quantitative estimate of drug-likeness (QED) is 0.679. The number of aromatic carboxylic acids is 1. The van der Waals surface area contributed by atoms with Crippen LogP contribution in [-0.2, 0) is 6.42 Å². The molecule has 19 heavy (non-hydrogen) atoms. The van der Waals surface area contributed by atoms with Crippen molar-refractivity contribution in [2.75, 3.05) is 6.54 Å². The third kappa shape index (κ3) is 2.94. The van der Waals surface area contributed by atoms with Crippen LogP contribution in [0.3, 0.4) is 0 Å². The molecule has 0 radical (unpaired) electrons. The van der Waals surface area contributed by atoms with E-state index in [1.165, 1.54) is 0 Å². The second kappa shape index (κ2) is 5.29. The number of rotatable bonds is 5. The average Bonchev–Trinajstić information content (AvgIpc) is 2.97. The van der Waals surface area contributed by atoms with E-state index < -0.39 is 11.9 Å². The Balaban J connectivity index is 1.91. The summed E-state index contributed by atoms with van der Waals surface area (Å²) < 4.78 is 4.78. The zero-order chi connectivity index (χ0) is 13.8. The summed E-state index contributed by atoms with van der Waals surface area (Å²) in [5, 5.41) is 15.0. The Kier molecular flexibility index (Phi) is 3.55. The molecule has 2 rings (SSSR count). The van der Waals surface area contributed by atoms with Crippen molar-refractivity contribution in [3.05, 3.63) is 29.4 Å². The van der Waals surface area contributed by atoms with Crippen molar-refractivity contribution in [3.8, 4) is 0 Å². The van der Waals surface area contributed by atoms with E-state index in [0.717, 1.165) is 6.33 Å². The zero-order valence-corrected chi connectivity index (χ0v) is 10.0. The molecule has 0 fully saturated rings. The minimum absolute atomic E-state index is 0.156. The first kappa shape index (κ1) is 12.7. The molecule has 0 unspecified atom stereocenters. The third-order valence-corrected chi connectivity index (χ3v) is 2.27. The molecule has 0 aromatic carbocycles. The lowest BCUT2D eigenvalue weighted by Gasteiger charge is -2.01. The van der Waals surface area contributed by atoms with Gasteiger partial charge in [0.25, 0.3) is 5.91 Å². The highest BCUT2D eigenvalue weighted by atomic mass is 16.5. The average molecular weight is 265 g/mol. The molecular formula is C10H11N5O4. The van der Waals surface area contributed by atoms with Gasteiger partial charge in [-0.2, -0.15) is 4.98 Å². The van der Waals surface area contributed by atoms with Gasteiger partial charge in [0.1, 0.15) is 0 Å². The molecule has 0 atom stereocenters. The Labute approximate surface area is 107 Å². The largest absolute Gasteiger partial charge is 0.477 e. The highest BCUT2D eigenvalue weighted by Crippen LogP contribution is 2.02. The van der Waals surface area contributed by atoms with Gasteiger partial charge in [0.15, 0.2) is 17.2 Å². The monoisotopic (exact) mass is 265 g/mol. The molecule has 0 aliphatic carbocycles. The maximum absolute atomic E-state index is 11.7. The van der Waals surface area contributed by atoms with Crippen molar-refractivity contribution >= 4 is 11.9 Å². The number of aromatic nitrogens is 4. The van der Waals surface area contributed by atoms with Crippen LogP contribution < -0.4 is 5.32 Å². The SMILES string of the molecule is Cc1nc(CCNC(=O)c2nc[nH]c2C(=O)O)no1. The number of H-pyrrole nitrogens is 1. The Morgan fingerprint density at radius 1 is 1.53 bits per heavy atom. The molecule has 0 saturated carbocycles. The van der Waals surface area contributed by atoms with Crippen LogP contribution in [0.5, 0.6) is 0 Å². The van der Waals surface area contributed by atoms with Crippen molar-refractivity contribution in [2.45, 2.75) is 13.3 Å². The fourth-order valence-corrected chi connectivity index (χ4v) is 1.44. The summed E-state index contributed by atoms with van der Waals surface area (Å²) in [5.74, 6) is -0.893. The molecule has 2 aromatic heterocycles. The van der Waals surface area contributed by atoms with E-state index in [-0.39, 0.29) is 17.9 Å². The molecule has 0 aliphatic rings. The first-order valence-electron chi connectivity index (χ1n) is 5.42. The van der Waals surface area contributed by atoms with Crippen molar-refractivity contribution < 1.29 is 19.2 Å². The van der Waals surface area contributed by atoms with Gasteiger partial charge in [-0.3, -0.25) is 4.79 Å². The van der Waals surface area contributed by atoms with Gasteiger partial charge in [-0.05, 0) is 0 Å². The van der Waals surface area contributed by atoms with Gasteiger partial charge < -0.3 is 19.9 Å². The molecule has 0 bridgehead atoms. The Morgan fingerprint density at radius 2 is 2.32 bits per heavy atom. The second-order valence-electron chi connectivity index (χ2n) is 3.67. The summed E-state index contributed by atoms with van der Waals surface area (Å²) in [5.41, 5.74) is -0.398. The number of hydrogen-bond donors (Lipinski definition) is 3. The van der Waals surface area contributed by atoms with Crippen molar-refractivity contribution in [1.29, 1.82) is 0 Å². The van der Waals surface area contributed by atoms with Crippen molar-refractivity contribution in [3.63, 3.8) is 0 Å². The van der Waals surface area contributed by atoms with E-state index in [2.05, 4.69) is 25.4 Å². The van der Waals surface area contributed by atoms with Gasteiger partial charge in [-0.15, -0.1) is 0 Å². The highest BCUT2D eigenvalue weighted by Gasteiger charge is 2.19. The third-order valence-electron chi connectivity index (χ3n) is 2.27. The minimum atomic E-state index is -1.24. The fraction of sp³-hybridized carbons (Fsp3) is 0.300. The Bertz CT molecular complexity index is 603. The standard InChI is InChI=1S/C10H11N5O4/c1-5-14-6(15-19-5)2-3-11-9(16)7-8(10(17)18)13-4-12-7/h4H,2-3H2,1H3,(H,11,16)(H,12,13)(H,17,18). The predicted octanol–water partition coefficient (Wildman–Crippen LogP) is -0.228. The number of carbonyl (C=O) groups excluding carboxylic acids is 1. The first-order chi connectivity index (χ1) is 9.08. The number of carboxylic acids is 1. The normalized spacial score (nSPS) is 10.4. The number of carboxylic acid groups (broad SMARTS) is 1. The van der Waals surface area contributed by atoms with Crippen LogP contribution in [0.4, 0.5) is 0 Å². The molecule has 0 saturated heterocycles. The van der Waals surface area contributed by atoms with Gasteiger partial charge in [-0.1, -0.05) is 5.16 Å². The number of imidazole rings is 1. The zero-order valence-electron chi connectivity index (χ0n) is 10.0. The number of amides is 1. The molecule has 0 spiro atoms. The Morgan fingerprint density at radius 3 is 2.95 bits per heavy atom. The molecule has 1 amide bonds. The van der Waals surface area contributed by atoms with Crippen molar-refractivity contribution in [2.24, 2.45) is 0 Å². The summed E-state index contributed by atoms with van der Waals surface area (Å²) >= 11 is 0. The van der Waals surface area contributed by atoms with Gasteiger partial charge in [0.05, 0.1) is 6.33 Å².